The van der Waals surface area contributed by atoms with E-state index in [9.17, 15) is 0 Å². The highest BCUT2D eigenvalue weighted by atomic mass is 35.5. The van der Waals surface area contributed by atoms with Gasteiger partial charge in [-0.1, -0.05) is 35.9 Å². The number of para-hydroxylation sites is 1. The molecule has 0 aliphatic carbocycles. The zero-order chi connectivity index (χ0) is 13.1. The molecular weight excluding hydrogens is 294 g/mol. The fraction of sp³-hybridized carbons (Fsp3) is 0.0667. The highest BCUT2D eigenvalue weighted by Crippen LogP contribution is 2.35. The number of halogens is 1. The van der Waals surface area contributed by atoms with E-state index in [0.717, 1.165) is 10.0 Å². The fourth-order valence-electron chi connectivity index (χ4n) is 1.92. The average molecular weight is 306 g/mol. The molecule has 19 heavy (non-hydrogen) atoms. The van der Waals surface area contributed by atoms with Gasteiger partial charge in [0.1, 0.15) is 0 Å². The maximum atomic E-state index is 6.06. The SMILES string of the molecule is Clc1ccc(C(Nc2ccccc2)c2cccs2)s1. The second-order valence-electron chi connectivity index (χ2n) is 4.10. The van der Waals surface area contributed by atoms with Gasteiger partial charge in [0.15, 0.2) is 0 Å². The van der Waals surface area contributed by atoms with Gasteiger partial charge in [-0.2, -0.15) is 0 Å². The van der Waals surface area contributed by atoms with Gasteiger partial charge in [-0.3, -0.25) is 0 Å². The van der Waals surface area contributed by atoms with Gasteiger partial charge in [-0.05, 0) is 35.7 Å². The van der Waals surface area contributed by atoms with Gasteiger partial charge in [-0.25, -0.2) is 0 Å². The van der Waals surface area contributed by atoms with E-state index < -0.39 is 0 Å². The van der Waals surface area contributed by atoms with Crippen LogP contribution in [0.1, 0.15) is 15.8 Å². The van der Waals surface area contributed by atoms with Crippen molar-refractivity contribution in [2.45, 2.75) is 6.04 Å². The van der Waals surface area contributed by atoms with Crippen LogP contribution in [0.15, 0.2) is 60.0 Å². The molecule has 0 radical (unpaired) electrons. The molecule has 0 amide bonds. The summed E-state index contributed by atoms with van der Waals surface area (Å²) in [6.07, 6.45) is 0. The van der Waals surface area contributed by atoms with Crippen LogP contribution in [0.3, 0.4) is 0 Å². The predicted octanol–water partition coefficient (Wildman–Crippen LogP) is 5.66. The standard InChI is InChI=1S/C15H12ClNS2/c16-14-9-8-13(19-14)15(12-7-4-10-18-12)17-11-5-2-1-3-6-11/h1-10,15,17H. The summed E-state index contributed by atoms with van der Waals surface area (Å²) in [5.74, 6) is 0. The third kappa shape index (κ3) is 3.00. The van der Waals surface area contributed by atoms with Gasteiger partial charge in [-0.15, -0.1) is 22.7 Å². The summed E-state index contributed by atoms with van der Waals surface area (Å²) < 4.78 is 0.825. The molecule has 3 rings (SSSR count). The predicted molar refractivity (Wildman–Crippen MR) is 85.6 cm³/mol. The molecule has 0 aliphatic heterocycles. The third-order valence-corrected chi connectivity index (χ3v) is 5.02. The van der Waals surface area contributed by atoms with E-state index in [2.05, 4.69) is 41.0 Å². The third-order valence-electron chi connectivity index (χ3n) is 2.79. The topological polar surface area (TPSA) is 12.0 Å². The minimum Gasteiger partial charge on any atom is -0.373 e. The van der Waals surface area contributed by atoms with Crippen LogP contribution in [0.4, 0.5) is 5.69 Å². The summed E-state index contributed by atoms with van der Waals surface area (Å²) in [4.78, 5) is 2.53. The summed E-state index contributed by atoms with van der Waals surface area (Å²) in [5.41, 5.74) is 1.12. The molecule has 1 aromatic carbocycles. The zero-order valence-corrected chi connectivity index (χ0v) is 12.4. The summed E-state index contributed by atoms with van der Waals surface area (Å²) in [6, 6.07) is 18.7. The highest BCUT2D eigenvalue weighted by molar-refractivity contribution is 7.16. The van der Waals surface area contributed by atoms with Gasteiger partial charge < -0.3 is 5.32 Å². The Morgan fingerprint density at radius 1 is 0.895 bits per heavy atom. The van der Waals surface area contributed by atoms with E-state index in [-0.39, 0.29) is 6.04 Å². The normalized spacial score (nSPS) is 12.3. The molecule has 2 aromatic heterocycles. The number of rotatable bonds is 4. The first-order chi connectivity index (χ1) is 9.33. The summed E-state index contributed by atoms with van der Waals surface area (Å²) in [6.45, 7) is 0. The molecule has 1 nitrogen and oxygen atoms in total. The van der Waals surface area contributed by atoms with Crippen molar-refractivity contribution < 1.29 is 0 Å². The van der Waals surface area contributed by atoms with Gasteiger partial charge in [0, 0.05) is 15.4 Å². The van der Waals surface area contributed by atoms with E-state index in [1.54, 1.807) is 22.7 Å². The molecule has 96 valence electrons. The Bertz CT molecular complexity index is 631. The quantitative estimate of drug-likeness (QED) is 0.655. The summed E-state index contributed by atoms with van der Waals surface area (Å²) >= 11 is 9.44. The lowest BCUT2D eigenvalue weighted by Crippen LogP contribution is -2.09. The summed E-state index contributed by atoms with van der Waals surface area (Å²) in [7, 11) is 0. The number of anilines is 1. The van der Waals surface area contributed by atoms with E-state index >= 15 is 0 Å². The van der Waals surface area contributed by atoms with Crippen molar-refractivity contribution in [3.05, 3.63) is 74.1 Å². The van der Waals surface area contributed by atoms with E-state index in [1.165, 1.54) is 9.75 Å². The Morgan fingerprint density at radius 3 is 2.37 bits per heavy atom. The van der Waals surface area contributed by atoms with Gasteiger partial charge in [0.2, 0.25) is 0 Å². The van der Waals surface area contributed by atoms with Crippen molar-refractivity contribution >= 4 is 40.0 Å². The molecular formula is C15H12ClNS2. The molecule has 0 bridgehead atoms. The average Bonchev–Trinajstić information content (AvgIpc) is 3.09. The molecule has 1 N–H and O–H groups in total. The van der Waals surface area contributed by atoms with E-state index in [0.29, 0.717) is 0 Å². The highest BCUT2D eigenvalue weighted by Gasteiger charge is 2.17. The molecule has 0 fully saturated rings. The second-order valence-corrected chi connectivity index (χ2v) is 6.83. The number of thiophene rings is 2. The van der Waals surface area contributed by atoms with Crippen LogP contribution in [0.25, 0.3) is 0 Å². The summed E-state index contributed by atoms with van der Waals surface area (Å²) in [5, 5.41) is 5.67. The molecule has 0 aliphatic rings. The van der Waals surface area contributed by atoms with Crippen molar-refractivity contribution in [3.63, 3.8) is 0 Å². The first kappa shape index (κ1) is 12.7. The minimum absolute atomic E-state index is 0.167. The van der Waals surface area contributed by atoms with Crippen LogP contribution in [-0.4, -0.2) is 0 Å². The number of nitrogens with one attached hydrogen (secondary N) is 1. The monoisotopic (exact) mass is 305 g/mol. The Balaban J connectivity index is 1.93. The maximum absolute atomic E-state index is 6.06. The Labute approximate surface area is 125 Å². The molecule has 1 atom stereocenters. The van der Waals surface area contributed by atoms with E-state index in [1.807, 2.05) is 24.3 Å². The largest absolute Gasteiger partial charge is 0.373 e. The molecule has 2 heterocycles. The lowest BCUT2D eigenvalue weighted by Gasteiger charge is -2.17. The lowest BCUT2D eigenvalue weighted by molar-refractivity contribution is 0.993. The zero-order valence-electron chi connectivity index (χ0n) is 10.0. The molecule has 3 aromatic rings. The first-order valence-corrected chi connectivity index (χ1v) is 8.00. The van der Waals surface area contributed by atoms with Crippen LogP contribution in [-0.2, 0) is 0 Å². The second kappa shape index (κ2) is 5.78. The molecule has 0 spiro atoms. The van der Waals surface area contributed by atoms with Crippen molar-refractivity contribution in [1.29, 1.82) is 0 Å². The fourth-order valence-corrected chi connectivity index (χ4v) is 3.92. The lowest BCUT2D eigenvalue weighted by atomic mass is 10.2. The van der Waals surface area contributed by atoms with Crippen LogP contribution in [0, 0.1) is 0 Å². The number of hydrogen-bond acceptors (Lipinski definition) is 3. The van der Waals surface area contributed by atoms with Crippen molar-refractivity contribution in [2.24, 2.45) is 0 Å². The van der Waals surface area contributed by atoms with Crippen molar-refractivity contribution in [2.75, 3.05) is 5.32 Å². The Kier molecular flexibility index (Phi) is 3.87. The molecule has 1 unspecified atom stereocenters. The van der Waals surface area contributed by atoms with E-state index in [4.69, 9.17) is 11.6 Å². The molecule has 0 saturated carbocycles. The number of hydrogen-bond donors (Lipinski definition) is 1. The van der Waals surface area contributed by atoms with Crippen LogP contribution >= 0.6 is 34.3 Å². The first-order valence-electron chi connectivity index (χ1n) is 5.93. The van der Waals surface area contributed by atoms with Gasteiger partial charge in [0.25, 0.3) is 0 Å². The van der Waals surface area contributed by atoms with Crippen LogP contribution in [0.2, 0.25) is 4.34 Å². The Hall–Kier alpha value is -1.29. The maximum Gasteiger partial charge on any atom is 0.0954 e. The van der Waals surface area contributed by atoms with Gasteiger partial charge in [0.05, 0.1) is 10.4 Å². The van der Waals surface area contributed by atoms with Crippen LogP contribution in [0.5, 0.6) is 0 Å². The number of benzene rings is 1. The van der Waals surface area contributed by atoms with Crippen molar-refractivity contribution in [1.82, 2.24) is 0 Å². The van der Waals surface area contributed by atoms with Gasteiger partial charge >= 0.3 is 0 Å². The van der Waals surface area contributed by atoms with Crippen molar-refractivity contribution in [3.8, 4) is 0 Å². The molecule has 0 saturated heterocycles. The smallest absolute Gasteiger partial charge is 0.0954 e. The van der Waals surface area contributed by atoms with Crippen LogP contribution < -0.4 is 5.32 Å². The minimum atomic E-state index is 0.167. The Morgan fingerprint density at radius 2 is 1.74 bits per heavy atom. The molecule has 4 heteroatoms.